The average Bonchev–Trinajstić information content (AvgIpc) is 3.21. The molecule has 2 heterocycles. The second-order valence-electron chi connectivity index (χ2n) is 7.23. The maximum Gasteiger partial charge on any atom is 0.257 e. The lowest BCUT2D eigenvalue weighted by molar-refractivity contribution is -0.124. The van der Waals surface area contributed by atoms with Gasteiger partial charge in [0.15, 0.2) is 11.5 Å². The molecule has 3 N–H and O–H groups in total. The lowest BCUT2D eigenvalue weighted by atomic mass is 9.97. The zero-order chi connectivity index (χ0) is 21.8. The van der Waals surface area contributed by atoms with Gasteiger partial charge < -0.3 is 29.8 Å². The summed E-state index contributed by atoms with van der Waals surface area (Å²) in [7, 11) is 0. The topological polar surface area (TPSA) is 119 Å². The highest BCUT2D eigenvalue weighted by molar-refractivity contribution is 6.00. The van der Waals surface area contributed by atoms with Crippen molar-refractivity contribution < 1.29 is 24.2 Å². The van der Waals surface area contributed by atoms with E-state index in [4.69, 9.17) is 14.6 Å². The van der Waals surface area contributed by atoms with Gasteiger partial charge in [0, 0.05) is 25.4 Å². The van der Waals surface area contributed by atoms with E-state index in [9.17, 15) is 14.4 Å². The molecule has 1 aromatic carbocycles. The number of amides is 2. The summed E-state index contributed by atoms with van der Waals surface area (Å²) in [6.07, 6.45) is 2.15. The monoisotopic (exact) mass is 417 g/mol. The van der Waals surface area contributed by atoms with Gasteiger partial charge in [0.2, 0.25) is 18.1 Å². The second kappa shape index (κ2) is 9.17. The molecule has 0 spiro atoms. The number of nitrogens with zero attached hydrogens (tertiary/aromatic N) is 1. The molecular weight excluding hydrogens is 390 g/mol. The van der Waals surface area contributed by atoms with E-state index in [2.05, 4.69) is 10.6 Å². The minimum atomic E-state index is -0.823. The lowest BCUT2D eigenvalue weighted by Gasteiger charge is -2.23. The van der Waals surface area contributed by atoms with Crippen molar-refractivity contribution in [1.29, 1.82) is 0 Å². The molecule has 3 rings (SSSR count). The number of hydrogen-bond donors (Lipinski definition) is 3. The van der Waals surface area contributed by atoms with Crippen molar-refractivity contribution in [2.75, 3.05) is 19.9 Å². The molecule has 0 radical (unpaired) electrons. The highest BCUT2D eigenvalue weighted by Gasteiger charge is 2.28. The molecule has 0 bridgehead atoms. The van der Waals surface area contributed by atoms with Gasteiger partial charge >= 0.3 is 0 Å². The van der Waals surface area contributed by atoms with E-state index in [1.54, 1.807) is 16.7 Å². The molecule has 9 nitrogen and oxygen atoms in total. The summed E-state index contributed by atoms with van der Waals surface area (Å²) >= 11 is 0. The Balaban J connectivity index is 1.99. The quantitative estimate of drug-likeness (QED) is 0.590. The summed E-state index contributed by atoms with van der Waals surface area (Å²) < 4.78 is 12.6. The van der Waals surface area contributed by atoms with Crippen LogP contribution in [-0.4, -0.2) is 47.5 Å². The number of carbonyl (C=O) groups excluding carboxylic acids is 2. The molecule has 1 aromatic heterocycles. The van der Waals surface area contributed by atoms with E-state index in [1.807, 2.05) is 20.8 Å². The van der Waals surface area contributed by atoms with Crippen LogP contribution in [0.2, 0.25) is 0 Å². The zero-order valence-corrected chi connectivity index (χ0v) is 17.4. The molecule has 30 heavy (non-hydrogen) atoms. The minimum absolute atomic E-state index is 0.0496. The third kappa shape index (κ3) is 4.11. The largest absolute Gasteiger partial charge is 0.454 e. The Morgan fingerprint density at radius 2 is 1.93 bits per heavy atom. The summed E-state index contributed by atoms with van der Waals surface area (Å²) in [6.45, 7) is 6.16. The first kappa shape index (κ1) is 21.6. The van der Waals surface area contributed by atoms with Gasteiger partial charge in [-0.25, -0.2) is 0 Å². The number of carbonyl (C=O) groups is 2. The van der Waals surface area contributed by atoms with Crippen LogP contribution in [0.5, 0.6) is 11.5 Å². The molecule has 2 aromatic rings. The van der Waals surface area contributed by atoms with Gasteiger partial charge in [0.05, 0.1) is 17.5 Å². The number of rotatable bonds is 8. The summed E-state index contributed by atoms with van der Waals surface area (Å²) in [5, 5.41) is 14.6. The number of aliphatic hydroxyl groups excluding tert-OH is 1. The first-order valence-corrected chi connectivity index (χ1v) is 10.1. The van der Waals surface area contributed by atoms with E-state index in [1.165, 1.54) is 6.20 Å². The number of ether oxygens (including phenoxy) is 2. The van der Waals surface area contributed by atoms with Crippen molar-refractivity contribution in [3.8, 4) is 11.5 Å². The minimum Gasteiger partial charge on any atom is -0.454 e. The van der Waals surface area contributed by atoms with E-state index >= 15 is 0 Å². The fraction of sp³-hybridized carbons (Fsp3) is 0.476. The van der Waals surface area contributed by atoms with Crippen molar-refractivity contribution in [3.63, 3.8) is 0 Å². The first-order valence-electron chi connectivity index (χ1n) is 10.1. The zero-order valence-electron chi connectivity index (χ0n) is 17.4. The number of aliphatic hydroxyl groups is 1. The van der Waals surface area contributed by atoms with Crippen LogP contribution in [0.15, 0.2) is 23.1 Å². The second-order valence-corrected chi connectivity index (χ2v) is 7.23. The van der Waals surface area contributed by atoms with Crippen molar-refractivity contribution in [3.05, 3.63) is 34.1 Å². The lowest BCUT2D eigenvalue weighted by Crippen LogP contribution is -2.51. The Hall–Kier alpha value is -3.07. The van der Waals surface area contributed by atoms with Crippen LogP contribution >= 0.6 is 0 Å². The summed E-state index contributed by atoms with van der Waals surface area (Å²) in [5.74, 6) is -0.160. The van der Waals surface area contributed by atoms with Crippen LogP contribution in [-0.2, 0) is 11.3 Å². The summed E-state index contributed by atoms with van der Waals surface area (Å²) in [5.41, 5.74) is 0.151. The van der Waals surface area contributed by atoms with Crippen LogP contribution in [0.3, 0.4) is 0 Å². The van der Waals surface area contributed by atoms with E-state index in [0.717, 1.165) is 0 Å². The van der Waals surface area contributed by atoms with Crippen LogP contribution in [0.1, 0.15) is 37.6 Å². The van der Waals surface area contributed by atoms with Crippen LogP contribution in [0.25, 0.3) is 10.9 Å². The number of pyridine rings is 1. The van der Waals surface area contributed by atoms with Gasteiger partial charge in [-0.05, 0) is 18.9 Å². The van der Waals surface area contributed by atoms with Crippen molar-refractivity contribution in [2.24, 2.45) is 5.92 Å². The van der Waals surface area contributed by atoms with Gasteiger partial charge in [-0.1, -0.05) is 20.3 Å². The third-order valence-corrected chi connectivity index (χ3v) is 5.35. The van der Waals surface area contributed by atoms with Gasteiger partial charge in [-0.3, -0.25) is 14.4 Å². The van der Waals surface area contributed by atoms with Crippen molar-refractivity contribution >= 4 is 22.7 Å². The van der Waals surface area contributed by atoms with Gasteiger partial charge in [0.25, 0.3) is 5.91 Å². The summed E-state index contributed by atoms with van der Waals surface area (Å²) in [4.78, 5) is 38.6. The van der Waals surface area contributed by atoms with Crippen LogP contribution < -0.4 is 25.5 Å². The van der Waals surface area contributed by atoms with Gasteiger partial charge in [-0.2, -0.15) is 0 Å². The molecule has 0 saturated heterocycles. The Bertz CT molecular complexity index is 1020. The standard InChI is InChI=1S/C21H27N3O6/c1-4-12(3)18(21(28)22-6-7-25)23-20(27)14-10-24(5-2)15-9-17-16(29-11-30-17)8-13(15)19(14)26/h8-10,12,18,25H,4-7,11H2,1-3H3,(H,22,28)(H,23,27)/t12?,18-/m1/s1. The SMILES string of the molecule is CCC(C)[C@@H](NC(=O)c1cn(CC)c2cc3c(cc2c1=O)OCO3)C(=O)NCCO. The first-order chi connectivity index (χ1) is 14.4. The number of benzene rings is 1. The number of fused-ring (bicyclic) bond motifs is 2. The molecule has 1 aliphatic heterocycles. The van der Waals surface area contributed by atoms with E-state index in [0.29, 0.717) is 35.4 Å². The molecule has 0 aliphatic carbocycles. The fourth-order valence-electron chi connectivity index (χ4n) is 3.41. The molecule has 162 valence electrons. The molecule has 2 amide bonds. The molecule has 2 atom stereocenters. The molecule has 1 aliphatic rings. The fourth-order valence-corrected chi connectivity index (χ4v) is 3.41. The van der Waals surface area contributed by atoms with E-state index < -0.39 is 23.3 Å². The Kier molecular flexibility index (Phi) is 6.61. The Labute approximate surface area is 174 Å². The Morgan fingerprint density at radius 3 is 2.57 bits per heavy atom. The predicted octanol–water partition coefficient (Wildman–Crippen LogP) is 1.00. The maximum absolute atomic E-state index is 13.1. The highest BCUT2D eigenvalue weighted by Crippen LogP contribution is 2.35. The molecule has 9 heteroatoms. The molecular formula is C21H27N3O6. The van der Waals surface area contributed by atoms with Gasteiger partial charge in [0.1, 0.15) is 11.6 Å². The van der Waals surface area contributed by atoms with E-state index in [-0.39, 0.29) is 31.4 Å². The normalized spacial score (nSPS) is 14.4. The molecule has 0 fully saturated rings. The maximum atomic E-state index is 13.1. The predicted molar refractivity (Wildman–Crippen MR) is 111 cm³/mol. The molecule has 1 unspecified atom stereocenters. The Morgan fingerprint density at radius 1 is 1.23 bits per heavy atom. The van der Waals surface area contributed by atoms with Crippen LogP contribution in [0, 0.1) is 5.92 Å². The average molecular weight is 417 g/mol. The summed E-state index contributed by atoms with van der Waals surface area (Å²) in [6, 6.07) is 2.49. The van der Waals surface area contributed by atoms with Crippen molar-refractivity contribution in [1.82, 2.24) is 15.2 Å². The number of aromatic nitrogens is 1. The number of nitrogens with one attached hydrogen (secondary N) is 2. The highest BCUT2D eigenvalue weighted by atomic mass is 16.7. The van der Waals surface area contributed by atoms with Crippen LogP contribution in [0.4, 0.5) is 0 Å². The third-order valence-electron chi connectivity index (χ3n) is 5.35. The smallest absolute Gasteiger partial charge is 0.257 e. The molecule has 0 saturated carbocycles. The number of hydrogen-bond acceptors (Lipinski definition) is 6. The number of aryl methyl sites for hydroxylation is 1. The van der Waals surface area contributed by atoms with Gasteiger partial charge in [-0.15, -0.1) is 0 Å². The van der Waals surface area contributed by atoms with Crippen molar-refractivity contribution in [2.45, 2.75) is 39.8 Å².